The van der Waals surface area contributed by atoms with Crippen LogP contribution < -0.4 is 14.4 Å². The molecule has 0 bridgehead atoms. The lowest BCUT2D eigenvalue weighted by Crippen LogP contribution is -2.29. The number of aryl methyl sites for hydroxylation is 1. The average molecular weight is 348 g/mol. The lowest BCUT2D eigenvalue weighted by atomic mass is 10.1. The van der Waals surface area contributed by atoms with Gasteiger partial charge in [-0.2, -0.15) is 0 Å². The summed E-state index contributed by atoms with van der Waals surface area (Å²) in [6.07, 6.45) is 0. The minimum Gasteiger partial charge on any atom is -0.493 e. The van der Waals surface area contributed by atoms with E-state index in [0.717, 1.165) is 22.8 Å². The number of para-hydroxylation sites is 1. The predicted octanol–water partition coefficient (Wildman–Crippen LogP) is 3.96. The smallest absolute Gasteiger partial charge is 0.260 e. The molecule has 0 aliphatic carbocycles. The van der Waals surface area contributed by atoms with Gasteiger partial charge in [-0.3, -0.25) is 4.79 Å². The summed E-state index contributed by atoms with van der Waals surface area (Å²) in [5, 5.41) is 0. The van der Waals surface area contributed by atoms with Gasteiger partial charge in [0, 0.05) is 23.1 Å². The second-order valence-electron chi connectivity index (χ2n) is 6.25. The summed E-state index contributed by atoms with van der Waals surface area (Å²) in [5.41, 5.74) is 4.38. The highest BCUT2D eigenvalue weighted by molar-refractivity contribution is 6.09. The molecule has 2 aromatic carbocycles. The molecule has 1 aromatic heterocycles. The van der Waals surface area contributed by atoms with Gasteiger partial charge in [0.05, 0.1) is 32.0 Å². The Hall–Kier alpha value is -3.21. The van der Waals surface area contributed by atoms with Gasteiger partial charge in [-0.1, -0.05) is 18.2 Å². The summed E-state index contributed by atoms with van der Waals surface area (Å²) in [6.45, 7) is 2.53. The Bertz CT molecular complexity index is 976. The highest BCUT2D eigenvalue weighted by Gasteiger charge is 2.29. The molecule has 0 spiro atoms. The van der Waals surface area contributed by atoms with Gasteiger partial charge in [0.1, 0.15) is 0 Å². The Morgan fingerprint density at radius 1 is 0.923 bits per heavy atom. The molecular weight excluding hydrogens is 328 g/mol. The highest BCUT2D eigenvalue weighted by atomic mass is 16.5. The third-order valence-corrected chi connectivity index (χ3v) is 4.76. The molecule has 3 aromatic rings. The van der Waals surface area contributed by atoms with E-state index in [9.17, 15) is 4.79 Å². The Morgan fingerprint density at radius 2 is 1.62 bits per heavy atom. The number of rotatable bonds is 3. The van der Waals surface area contributed by atoms with Gasteiger partial charge in [0.25, 0.3) is 5.91 Å². The summed E-state index contributed by atoms with van der Waals surface area (Å²) in [6, 6.07) is 17.5. The van der Waals surface area contributed by atoms with Crippen molar-refractivity contribution < 1.29 is 14.3 Å². The molecule has 0 radical (unpaired) electrons. The first-order chi connectivity index (χ1) is 12.6. The van der Waals surface area contributed by atoms with Crippen molar-refractivity contribution in [2.24, 2.45) is 0 Å². The van der Waals surface area contributed by atoms with Gasteiger partial charge in [0.15, 0.2) is 11.5 Å². The second-order valence-corrected chi connectivity index (χ2v) is 6.25. The van der Waals surface area contributed by atoms with Crippen molar-refractivity contribution in [1.29, 1.82) is 0 Å². The molecule has 0 saturated heterocycles. The number of fused-ring (bicyclic) bond motifs is 3. The first-order valence-electron chi connectivity index (χ1n) is 8.44. The van der Waals surface area contributed by atoms with E-state index in [2.05, 4.69) is 16.7 Å². The van der Waals surface area contributed by atoms with E-state index in [1.807, 2.05) is 43.3 Å². The normalized spacial score (nSPS) is 13.0. The first-order valence-corrected chi connectivity index (χ1v) is 8.44. The number of carbonyl (C=O) groups is 1. The van der Waals surface area contributed by atoms with Crippen molar-refractivity contribution in [2.45, 2.75) is 13.5 Å². The van der Waals surface area contributed by atoms with Crippen LogP contribution in [0.1, 0.15) is 21.7 Å². The van der Waals surface area contributed by atoms with Crippen LogP contribution in [0.25, 0.3) is 5.69 Å². The van der Waals surface area contributed by atoms with Crippen molar-refractivity contribution >= 4 is 11.6 Å². The fourth-order valence-electron chi connectivity index (χ4n) is 3.48. The monoisotopic (exact) mass is 348 g/mol. The lowest BCUT2D eigenvalue weighted by Gasteiger charge is -2.21. The van der Waals surface area contributed by atoms with Crippen LogP contribution in [0.15, 0.2) is 54.6 Å². The van der Waals surface area contributed by atoms with Crippen molar-refractivity contribution in [3.63, 3.8) is 0 Å². The first kappa shape index (κ1) is 16.3. The lowest BCUT2D eigenvalue weighted by molar-refractivity contribution is 0.0986. The molecule has 0 unspecified atom stereocenters. The number of anilines is 1. The molecule has 5 nitrogen and oxygen atoms in total. The Morgan fingerprint density at radius 3 is 2.31 bits per heavy atom. The minimum atomic E-state index is -0.0600. The zero-order valence-corrected chi connectivity index (χ0v) is 15.0. The maximum Gasteiger partial charge on any atom is 0.260 e. The van der Waals surface area contributed by atoms with E-state index < -0.39 is 0 Å². The average Bonchev–Trinajstić information content (AvgIpc) is 2.99. The molecule has 2 heterocycles. The summed E-state index contributed by atoms with van der Waals surface area (Å²) in [5.74, 6) is 1.09. The summed E-state index contributed by atoms with van der Waals surface area (Å²) in [7, 11) is 3.18. The Balaban J connectivity index is 1.99. The molecule has 1 aliphatic heterocycles. The van der Waals surface area contributed by atoms with E-state index in [0.29, 0.717) is 23.6 Å². The van der Waals surface area contributed by atoms with Crippen molar-refractivity contribution in [2.75, 3.05) is 19.1 Å². The number of methoxy groups -OCH3 is 2. The molecule has 132 valence electrons. The van der Waals surface area contributed by atoms with Gasteiger partial charge < -0.3 is 18.9 Å². The van der Waals surface area contributed by atoms with Gasteiger partial charge in [-0.05, 0) is 37.3 Å². The van der Waals surface area contributed by atoms with Gasteiger partial charge in [0.2, 0.25) is 0 Å². The van der Waals surface area contributed by atoms with E-state index in [-0.39, 0.29) is 5.91 Å². The van der Waals surface area contributed by atoms with Crippen LogP contribution >= 0.6 is 0 Å². The number of hydrogen-bond acceptors (Lipinski definition) is 3. The SMILES string of the molecule is COc1cc2c(cc1OC)-n1c(C)ccc1CN(c1ccccc1)C2=O. The zero-order chi connectivity index (χ0) is 18.3. The molecule has 1 amide bonds. The van der Waals surface area contributed by atoms with E-state index in [4.69, 9.17) is 9.47 Å². The van der Waals surface area contributed by atoms with Crippen LogP contribution in [0.2, 0.25) is 0 Å². The molecule has 0 N–H and O–H groups in total. The number of nitrogens with zero attached hydrogens (tertiary/aromatic N) is 2. The number of ether oxygens (including phenoxy) is 2. The van der Waals surface area contributed by atoms with E-state index in [1.54, 1.807) is 25.2 Å². The molecule has 4 rings (SSSR count). The molecule has 1 aliphatic rings. The van der Waals surface area contributed by atoms with Crippen LogP contribution in [-0.4, -0.2) is 24.7 Å². The Labute approximate surface area is 152 Å². The van der Waals surface area contributed by atoms with Crippen LogP contribution in [0, 0.1) is 6.92 Å². The van der Waals surface area contributed by atoms with Crippen LogP contribution in [-0.2, 0) is 6.54 Å². The molecule has 5 heteroatoms. The zero-order valence-electron chi connectivity index (χ0n) is 15.0. The maximum atomic E-state index is 13.4. The van der Waals surface area contributed by atoms with Crippen molar-refractivity contribution in [1.82, 2.24) is 4.57 Å². The molecular formula is C21H20N2O3. The quantitative estimate of drug-likeness (QED) is 0.719. The number of amides is 1. The second kappa shape index (κ2) is 6.26. The molecule has 0 atom stereocenters. The topological polar surface area (TPSA) is 43.7 Å². The van der Waals surface area contributed by atoms with Crippen LogP contribution in [0.3, 0.4) is 0 Å². The summed E-state index contributed by atoms with van der Waals surface area (Å²) >= 11 is 0. The summed E-state index contributed by atoms with van der Waals surface area (Å²) in [4.78, 5) is 15.2. The predicted molar refractivity (Wildman–Crippen MR) is 101 cm³/mol. The number of benzene rings is 2. The largest absolute Gasteiger partial charge is 0.493 e. The number of aromatic nitrogens is 1. The van der Waals surface area contributed by atoms with Gasteiger partial charge in [-0.25, -0.2) is 0 Å². The fourth-order valence-corrected chi connectivity index (χ4v) is 3.48. The van der Waals surface area contributed by atoms with E-state index in [1.165, 1.54) is 0 Å². The van der Waals surface area contributed by atoms with Crippen LogP contribution in [0.5, 0.6) is 11.5 Å². The third-order valence-electron chi connectivity index (χ3n) is 4.76. The van der Waals surface area contributed by atoms with Gasteiger partial charge >= 0.3 is 0 Å². The summed E-state index contributed by atoms with van der Waals surface area (Å²) < 4.78 is 13.0. The van der Waals surface area contributed by atoms with Gasteiger partial charge in [-0.15, -0.1) is 0 Å². The Kier molecular flexibility index (Phi) is 3.92. The van der Waals surface area contributed by atoms with Crippen molar-refractivity contribution in [3.8, 4) is 17.2 Å². The highest BCUT2D eigenvalue weighted by Crippen LogP contribution is 2.37. The fraction of sp³-hybridized carbons (Fsp3) is 0.190. The van der Waals surface area contributed by atoms with E-state index >= 15 is 0 Å². The standard InChI is InChI=1S/C21H20N2O3/c1-14-9-10-16-13-22(15-7-5-4-6-8-15)21(24)17-11-19(25-2)20(26-3)12-18(17)23(14)16/h4-12H,13H2,1-3H3. The minimum absolute atomic E-state index is 0.0600. The number of hydrogen-bond donors (Lipinski definition) is 0. The molecule has 0 fully saturated rings. The third kappa shape index (κ3) is 2.44. The van der Waals surface area contributed by atoms with Crippen molar-refractivity contribution in [3.05, 3.63) is 71.5 Å². The number of carbonyl (C=O) groups excluding carboxylic acids is 1. The molecule has 0 saturated carbocycles. The van der Waals surface area contributed by atoms with Crippen LogP contribution in [0.4, 0.5) is 5.69 Å². The maximum absolute atomic E-state index is 13.4. The molecule has 26 heavy (non-hydrogen) atoms.